The van der Waals surface area contributed by atoms with E-state index < -0.39 is 23.4 Å². The predicted octanol–water partition coefficient (Wildman–Crippen LogP) is 1.58. The number of fused-ring (bicyclic) bond motifs is 1. The predicted molar refractivity (Wildman–Crippen MR) is 81.7 cm³/mol. The van der Waals surface area contributed by atoms with Crippen LogP contribution < -0.4 is 5.32 Å². The Morgan fingerprint density at radius 2 is 2.12 bits per heavy atom. The maximum Gasteiger partial charge on any atom is 0.435 e. The number of hydrogen-bond donors (Lipinski definition) is 3. The first-order chi connectivity index (χ1) is 11.8. The highest BCUT2D eigenvalue weighted by molar-refractivity contribution is 5.79. The third-order valence-corrected chi connectivity index (χ3v) is 5.10. The summed E-state index contributed by atoms with van der Waals surface area (Å²) < 4.78 is 44.1. The van der Waals surface area contributed by atoms with Crippen LogP contribution in [0.2, 0.25) is 0 Å². The number of halogens is 3. The molecule has 0 bridgehead atoms. The van der Waals surface area contributed by atoms with Crippen LogP contribution >= 0.6 is 0 Å². The molecule has 2 heterocycles. The van der Waals surface area contributed by atoms with Crippen LogP contribution in [-0.4, -0.2) is 46.6 Å². The van der Waals surface area contributed by atoms with Gasteiger partial charge in [-0.15, -0.1) is 0 Å². The lowest BCUT2D eigenvalue weighted by atomic mass is 9.85. The van der Waals surface area contributed by atoms with E-state index in [2.05, 4.69) is 15.5 Å². The van der Waals surface area contributed by atoms with Crippen LogP contribution in [0.15, 0.2) is 0 Å². The van der Waals surface area contributed by atoms with Gasteiger partial charge < -0.3 is 15.2 Å². The molecule has 0 saturated carbocycles. The molecule has 1 aliphatic carbocycles. The Morgan fingerprint density at radius 1 is 1.40 bits per heavy atom. The summed E-state index contributed by atoms with van der Waals surface area (Å²) in [5.41, 5.74) is -1.19. The smallest absolute Gasteiger partial charge is 0.390 e. The van der Waals surface area contributed by atoms with Crippen molar-refractivity contribution in [2.75, 3.05) is 19.8 Å². The normalized spacial score (nSPS) is 23.1. The van der Waals surface area contributed by atoms with E-state index in [4.69, 9.17) is 4.74 Å². The zero-order chi connectivity index (χ0) is 18.1. The van der Waals surface area contributed by atoms with Crippen LogP contribution in [0.5, 0.6) is 0 Å². The molecule has 1 amide bonds. The van der Waals surface area contributed by atoms with Gasteiger partial charge in [-0.05, 0) is 38.5 Å². The zero-order valence-electron chi connectivity index (χ0n) is 13.8. The first kappa shape index (κ1) is 18.2. The number of hydrogen-bond acceptors (Lipinski definition) is 4. The van der Waals surface area contributed by atoms with Crippen molar-refractivity contribution in [2.24, 2.45) is 5.92 Å². The van der Waals surface area contributed by atoms with E-state index in [1.807, 2.05) is 0 Å². The second-order valence-electron chi connectivity index (χ2n) is 6.84. The minimum Gasteiger partial charge on any atom is -0.390 e. The van der Waals surface area contributed by atoms with Crippen LogP contribution in [-0.2, 0) is 28.5 Å². The van der Waals surface area contributed by atoms with Crippen molar-refractivity contribution in [2.45, 2.75) is 50.3 Å². The van der Waals surface area contributed by atoms with E-state index in [0.29, 0.717) is 57.6 Å². The van der Waals surface area contributed by atoms with Crippen LogP contribution in [0.3, 0.4) is 0 Å². The van der Waals surface area contributed by atoms with Gasteiger partial charge in [0.25, 0.3) is 0 Å². The van der Waals surface area contributed by atoms with Gasteiger partial charge in [0, 0.05) is 36.9 Å². The number of amides is 1. The van der Waals surface area contributed by atoms with Crippen molar-refractivity contribution in [3.05, 3.63) is 17.0 Å². The molecule has 1 aromatic rings. The number of ether oxygens (including phenoxy) is 1. The molecule has 0 radical (unpaired) electrons. The Bertz CT molecular complexity index is 624. The lowest BCUT2D eigenvalue weighted by Gasteiger charge is -2.32. The number of carbonyl (C=O) groups is 1. The number of alkyl halides is 3. The largest absolute Gasteiger partial charge is 0.435 e. The number of nitrogens with one attached hydrogen (secondary N) is 2. The molecule has 140 valence electrons. The minimum absolute atomic E-state index is 0.0324. The Kier molecular flexibility index (Phi) is 5.06. The third-order valence-electron chi connectivity index (χ3n) is 5.10. The van der Waals surface area contributed by atoms with Crippen molar-refractivity contribution in [3.8, 4) is 0 Å². The summed E-state index contributed by atoms with van der Waals surface area (Å²) in [4.78, 5) is 12.3. The van der Waals surface area contributed by atoms with Gasteiger partial charge in [-0.2, -0.15) is 18.3 Å². The molecule has 1 atom stereocenters. The highest BCUT2D eigenvalue weighted by Crippen LogP contribution is 2.36. The fourth-order valence-electron chi connectivity index (χ4n) is 3.52. The number of H-pyrrole nitrogens is 1. The molecule has 3 rings (SSSR count). The van der Waals surface area contributed by atoms with E-state index in [1.54, 1.807) is 0 Å². The molecule has 1 aromatic heterocycles. The molecule has 0 aromatic carbocycles. The van der Waals surface area contributed by atoms with Gasteiger partial charge in [-0.3, -0.25) is 9.89 Å². The first-order valence-electron chi connectivity index (χ1n) is 8.50. The van der Waals surface area contributed by atoms with Crippen LogP contribution in [0, 0.1) is 5.92 Å². The van der Waals surface area contributed by atoms with Crippen molar-refractivity contribution in [3.63, 3.8) is 0 Å². The summed E-state index contributed by atoms with van der Waals surface area (Å²) in [6, 6.07) is 0. The Balaban J connectivity index is 1.55. The zero-order valence-corrected chi connectivity index (χ0v) is 13.8. The summed E-state index contributed by atoms with van der Waals surface area (Å²) >= 11 is 0. The maximum atomic E-state index is 13.0. The van der Waals surface area contributed by atoms with E-state index in [-0.39, 0.29) is 17.9 Å². The highest BCUT2D eigenvalue weighted by Gasteiger charge is 2.40. The average Bonchev–Trinajstić information content (AvgIpc) is 2.98. The number of nitrogens with zero attached hydrogens (tertiary/aromatic N) is 1. The Morgan fingerprint density at radius 3 is 2.80 bits per heavy atom. The molecule has 1 fully saturated rings. The van der Waals surface area contributed by atoms with Gasteiger partial charge in [-0.25, -0.2) is 0 Å². The van der Waals surface area contributed by atoms with Crippen molar-refractivity contribution >= 4 is 5.91 Å². The van der Waals surface area contributed by atoms with Crippen LogP contribution in [0.25, 0.3) is 0 Å². The van der Waals surface area contributed by atoms with Crippen LogP contribution in [0.1, 0.15) is 42.6 Å². The molecule has 1 saturated heterocycles. The summed E-state index contributed by atoms with van der Waals surface area (Å²) in [5, 5.41) is 18.9. The highest BCUT2D eigenvalue weighted by atomic mass is 19.4. The summed E-state index contributed by atoms with van der Waals surface area (Å²) in [7, 11) is 0. The second-order valence-corrected chi connectivity index (χ2v) is 6.84. The molecule has 25 heavy (non-hydrogen) atoms. The van der Waals surface area contributed by atoms with Gasteiger partial charge >= 0.3 is 6.18 Å². The quantitative estimate of drug-likeness (QED) is 0.760. The SMILES string of the molecule is O=C(NCCC1(O)CCOCC1)C1CCc2[nH]nc(C(F)(F)F)c2C1. The lowest BCUT2D eigenvalue weighted by molar-refractivity contribution is -0.142. The fourth-order valence-corrected chi connectivity index (χ4v) is 3.52. The molecule has 6 nitrogen and oxygen atoms in total. The number of aromatic nitrogens is 2. The number of aromatic amines is 1. The van der Waals surface area contributed by atoms with Crippen LogP contribution in [0.4, 0.5) is 13.2 Å². The monoisotopic (exact) mass is 361 g/mol. The molecule has 1 aliphatic heterocycles. The maximum absolute atomic E-state index is 13.0. The summed E-state index contributed by atoms with van der Waals surface area (Å²) in [6.45, 7) is 1.29. The van der Waals surface area contributed by atoms with Gasteiger partial charge in [0.05, 0.1) is 5.60 Å². The fraction of sp³-hybridized carbons (Fsp3) is 0.750. The molecular weight excluding hydrogens is 339 g/mol. The summed E-state index contributed by atoms with van der Waals surface area (Å²) in [6.07, 6.45) is -2.16. The Labute approximate surface area is 143 Å². The van der Waals surface area contributed by atoms with E-state index in [1.165, 1.54) is 0 Å². The first-order valence-corrected chi connectivity index (χ1v) is 8.50. The van der Waals surface area contributed by atoms with Gasteiger partial charge in [0.2, 0.25) is 5.91 Å². The summed E-state index contributed by atoms with van der Waals surface area (Å²) in [5.74, 6) is -0.772. The number of aryl methyl sites for hydroxylation is 1. The minimum atomic E-state index is -4.52. The standard InChI is InChI=1S/C16H22F3N3O3/c17-16(18,19)13-11-9-10(1-2-12(11)21-22-13)14(23)20-6-3-15(24)4-7-25-8-5-15/h10,24H,1-9H2,(H,20,23)(H,21,22). The van der Waals surface area contributed by atoms with E-state index >= 15 is 0 Å². The van der Waals surface area contributed by atoms with E-state index in [0.717, 1.165) is 0 Å². The molecule has 3 N–H and O–H groups in total. The molecular formula is C16H22F3N3O3. The lowest BCUT2D eigenvalue weighted by Crippen LogP contribution is -2.41. The van der Waals surface area contributed by atoms with Gasteiger partial charge in [0.1, 0.15) is 0 Å². The number of carbonyl (C=O) groups excluding carboxylic acids is 1. The molecule has 0 spiro atoms. The van der Waals surface area contributed by atoms with Gasteiger partial charge in [-0.1, -0.05) is 0 Å². The molecule has 2 aliphatic rings. The number of aliphatic hydroxyl groups is 1. The van der Waals surface area contributed by atoms with Gasteiger partial charge in [0.15, 0.2) is 5.69 Å². The van der Waals surface area contributed by atoms with Crippen molar-refractivity contribution in [1.29, 1.82) is 0 Å². The van der Waals surface area contributed by atoms with E-state index in [9.17, 15) is 23.1 Å². The topological polar surface area (TPSA) is 87.2 Å². The van der Waals surface area contributed by atoms with Crippen molar-refractivity contribution < 1.29 is 27.8 Å². The second kappa shape index (κ2) is 6.95. The Hall–Kier alpha value is -1.61. The number of rotatable bonds is 4. The molecule has 9 heteroatoms. The average molecular weight is 361 g/mol. The van der Waals surface area contributed by atoms with Crippen molar-refractivity contribution in [1.82, 2.24) is 15.5 Å². The third kappa shape index (κ3) is 4.14. The molecule has 1 unspecified atom stereocenters.